The van der Waals surface area contributed by atoms with E-state index in [0.29, 0.717) is 0 Å². The summed E-state index contributed by atoms with van der Waals surface area (Å²) in [6.45, 7) is 0. The van der Waals surface area contributed by atoms with Crippen LogP contribution in [0.3, 0.4) is 0 Å². The third-order valence-electron chi connectivity index (χ3n) is 0.644. The van der Waals surface area contributed by atoms with Crippen LogP contribution in [0.4, 0.5) is 22.0 Å². The predicted molar refractivity (Wildman–Crippen MR) is 20.7 cm³/mol. The fourth-order valence-electron chi connectivity index (χ4n) is 0.142. The van der Waals surface area contributed by atoms with Crippen LogP contribution in [0.25, 0.3) is 0 Å². The molecule has 0 amide bonds. The molecule has 0 unspecified atom stereocenters. The van der Waals surface area contributed by atoms with Crippen LogP contribution in [0.5, 0.6) is 0 Å². The molecule has 0 fully saturated rings. The highest BCUT2D eigenvalue weighted by atomic mass is 32.2. The standard InChI is InChI=1S/C2HF5O3S/c3-1(4,5)2(6,7)11(8,9)10/h(H,8,9,10)/p-1. The van der Waals surface area contributed by atoms with Gasteiger partial charge in [-0.2, -0.15) is 22.0 Å². The number of halogens is 5. The minimum Gasteiger partial charge on any atom is -0.743 e. The van der Waals surface area contributed by atoms with Gasteiger partial charge in [0.1, 0.15) is 0 Å². The maximum Gasteiger partial charge on any atom is 0.468 e. The van der Waals surface area contributed by atoms with Crippen molar-refractivity contribution in [2.45, 2.75) is 11.4 Å². The number of hydrogen-bond donors (Lipinski definition) is 0. The Morgan fingerprint density at radius 1 is 1.00 bits per heavy atom. The zero-order valence-corrected chi connectivity index (χ0v) is 5.34. The Labute approximate surface area is 57.6 Å². The first-order valence-corrected chi connectivity index (χ1v) is 3.31. The second-order valence-corrected chi connectivity index (χ2v) is 2.89. The first-order chi connectivity index (χ1) is 4.50. The van der Waals surface area contributed by atoms with Gasteiger partial charge in [0.2, 0.25) is 0 Å². The van der Waals surface area contributed by atoms with Crippen LogP contribution < -0.4 is 0 Å². The summed E-state index contributed by atoms with van der Waals surface area (Å²) in [5.41, 5.74) is 0. The Hall–Kier alpha value is -0.440. The number of rotatable bonds is 1. The highest BCUT2D eigenvalue weighted by Crippen LogP contribution is 2.38. The summed E-state index contributed by atoms with van der Waals surface area (Å²) in [7, 11) is -6.67. The lowest BCUT2D eigenvalue weighted by atomic mass is 10.7. The first kappa shape index (κ1) is 10.6. The van der Waals surface area contributed by atoms with Gasteiger partial charge in [-0.15, -0.1) is 0 Å². The maximum atomic E-state index is 11.4. The van der Waals surface area contributed by atoms with Crippen molar-refractivity contribution in [2.75, 3.05) is 0 Å². The minimum absolute atomic E-state index is 6.21. The van der Waals surface area contributed by atoms with Crippen molar-refractivity contribution in [1.82, 2.24) is 0 Å². The molecule has 68 valence electrons. The second-order valence-electron chi connectivity index (χ2n) is 1.47. The van der Waals surface area contributed by atoms with Crippen molar-refractivity contribution in [3.8, 4) is 0 Å². The average Bonchev–Trinajstić information content (AvgIpc) is 1.58. The molecule has 0 aliphatic rings. The fraction of sp³-hybridized carbons (Fsp3) is 1.00. The van der Waals surface area contributed by atoms with Gasteiger partial charge in [0.05, 0.1) is 0 Å². The van der Waals surface area contributed by atoms with Crippen molar-refractivity contribution in [3.63, 3.8) is 0 Å². The lowest BCUT2D eigenvalue weighted by molar-refractivity contribution is -0.243. The Morgan fingerprint density at radius 2 is 1.27 bits per heavy atom. The Morgan fingerprint density at radius 3 is 1.27 bits per heavy atom. The maximum absolute atomic E-state index is 11.4. The molecule has 0 aromatic rings. The zero-order chi connectivity index (χ0) is 9.50. The molecule has 0 heterocycles. The largest absolute Gasteiger partial charge is 0.743 e. The number of alkyl halides is 5. The molecule has 0 N–H and O–H groups in total. The van der Waals surface area contributed by atoms with Gasteiger partial charge < -0.3 is 4.55 Å². The molecular weight excluding hydrogens is 199 g/mol. The van der Waals surface area contributed by atoms with E-state index in [9.17, 15) is 34.9 Å². The summed E-state index contributed by atoms with van der Waals surface area (Å²) < 4.78 is 83.6. The fourth-order valence-corrected chi connectivity index (χ4v) is 0.425. The van der Waals surface area contributed by atoms with Crippen LogP contribution >= 0.6 is 0 Å². The van der Waals surface area contributed by atoms with E-state index < -0.39 is 21.5 Å². The van der Waals surface area contributed by atoms with Crippen LogP contribution in [0.15, 0.2) is 0 Å². The Kier molecular flexibility index (Phi) is 2.18. The van der Waals surface area contributed by atoms with Crippen molar-refractivity contribution in [2.24, 2.45) is 0 Å². The summed E-state index contributed by atoms with van der Waals surface area (Å²) >= 11 is 0. The van der Waals surface area contributed by atoms with Crippen molar-refractivity contribution in [1.29, 1.82) is 0 Å². The molecule has 0 radical (unpaired) electrons. The smallest absolute Gasteiger partial charge is 0.468 e. The average molecular weight is 199 g/mol. The summed E-state index contributed by atoms with van der Waals surface area (Å²) in [6.07, 6.45) is -6.35. The highest BCUT2D eigenvalue weighted by molar-refractivity contribution is 7.86. The van der Waals surface area contributed by atoms with E-state index in [2.05, 4.69) is 0 Å². The van der Waals surface area contributed by atoms with E-state index in [0.717, 1.165) is 0 Å². The lowest BCUT2D eigenvalue weighted by Gasteiger charge is -2.21. The van der Waals surface area contributed by atoms with Crippen LogP contribution in [0.1, 0.15) is 0 Å². The van der Waals surface area contributed by atoms with Gasteiger partial charge in [0.15, 0.2) is 10.1 Å². The van der Waals surface area contributed by atoms with Gasteiger partial charge in [0, 0.05) is 0 Å². The van der Waals surface area contributed by atoms with Crippen molar-refractivity contribution < 1.29 is 34.9 Å². The third kappa shape index (κ3) is 1.77. The Balaban J connectivity index is 5.08. The van der Waals surface area contributed by atoms with Gasteiger partial charge in [-0.1, -0.05) is 0 Å². The summed E-state index contributed by atoms with van der Waals surface area (Å²) in [4.78, 5) is 0. The quantitative estimate of drug-likeness (QED) is 0.461. The second kappa shape index (κ2) is 2.27. The highest BCUT2D eigenvalue weighted by Gasteiger charge is 2.63. The normalized spacial score (nSPS) is 15.1. The van der Waals surface area contributed by atoms with E-state index in [-0.39, 0.29) is 0 Å². The van der Waals surface area contributed by atoms with E-state index in [1.54, 1.807) is 0 Å². The van der Waals surface area contributed by atoms with Gasteiger partial charge in [0.25, 0.3) is 0 Å². The van der Waals surface area contributed by atoms with E-state index >= 15 is 0 Å². The molecule has 0 saturated carbocycles. The first-order valence-electron chi connectivity index (χ1n) is 1.90. The lowest BCUT2D eigenvalue weighted by Crippen LogP contribution is -2.43. The topological polar surface area (TPSA) is 57.2 Å². The molecule has 0 atom stereocenters. The van der Waals surface area contributed by atoms with Crippen LogP contribution in [0.2, 0.25) is 0 Å². The summed E-state index contributed by atoms with van der Waals surface area (Å²) in [5, 5.41) is -6.21. The number of hydrogen-bond acceptors (Lipinski definition) is 3. The minimum atomic E-state index is -6.67. The van der Waals surface area contributed by atoms with Crippen LogP contribution in [-0.2, 0) is 10.1 Å². The van der Waals surface area contributed by atoms with E-state index in [1.807, 2.05) is 0 Å². The molecule has 0 saturated heterocycles. The van der Waals surface area contributed by atoms with Crippen LogP contribution in [-0.4, -0.2) is 24.4 Å². The van der Waals surface area contributed by atoms with Gasteiger partial charge in [-0.05, 0) is 0 Å². The van der Waals surface area contributed by atoms with Crippen molar-refractivity contribution >= 4 is 10.1 Å². The molecule has 0 spiro atoms. The molecular formula is C2F5O3S-. The molecule has 0 bridgehead atoms. The van der Waals surface area contributed by atoms with Crippen LogP contribution in [0, 0.1) is 0 Å². The van der Waals surface area contributed by atoms with Crippen molar-refractivity contribution in [3.05, 3.63) is 0 Å². The molecule has 0 aliphatic heterocycles. The van der Waals surface area contributed by atoms with E-state index in [1.165, 1.54) is 0 Å². The Bertz CT molecular complexity index is 237. The third-order valence-corrected chi connectivity index (χ3v) is 1.50. The molecule has 0 aromatic heterocycles. The zero-order valence-electron chi connectivity index (χ0n) is 4.52. The molecule has 11 heavy (non-hydrogen) atoms. The van der Waals surface area contributed by atoms with Gasteiger partial charge in [-0.3, -0.25) is 0 Å². The van der Waals surface area contributed by atoms with E-state index in [4.69, 9.17) is 0 Å². The molecule has 9 heteroatoms. The summed E-state index contributed by atoms with van der Waals surface area (Å²) in [5.74, 6) is 0. The monoisotopic (exact) mass is 199 g/mol. The molecule has 3 nitrogen and oxygen atoms in total. The molecule has 0 rings (SSSR count). The summed E-state index contributed by atoms with van der Waals surface area (Å²) in [6, 6.07) is 0. The molecule has 0 aliphatic carbocycles. The SMILES string of the molecule is O=S(=O)([O-])C(F)(F)C(F)(F)F. The van der Waals surface area contributed by atoms with Gasteiger partial charge >= 0.3 is 11.4 Å². The molecule has 0 aromatic carbocycles. The predicted octanol–water partition coefficient (Wildman–Crippen LogP) is 0.687. The van der Waals surface area contributed by atoms with Gasteiger partial charge in [-0.25, -0.2) is 8.42 Å².